The number of anilines is 1. The molecule has 0 radical (unpaired) electrons. The van der Waals surface area contributed by atoms with Gasteiger partial charge >= 0.3 is 0 Å². The number of nitrogens with zero attached hydrogens (tertiary/aromatic N) is 1. The largest absolute Gasteiger partial charge is 0.494 e. The lowest BCUT2D eigenvalue weighted by Gasteiger charge is -2.24. The van der Waals surface area contributed by atoms with Gasteiger partial charge in [0.25, 0.3) is 0 Å². The molecule has 1 N–H and O–H groups in total. The fourth-order valence-corrected chi connectivity index (χ4v) is 5.56. The highest BCUT2D eigenvalue weighted by Crippen LogP contribution is 2.20. The van der Waals surface area contributed by atoms with Crippen LogP contribution >= 0.6 is 0 Å². The van der Waals surface area contributed by atoms with Gasteiger partial charge in [0.05, 0.1) is 30.9 Å². The number of carbonyl (C=O) groups is 1. The first-order valence-electron chi connectivity index (χ1n) is 7.80. The van der Waals surface area contributed by atoms with Crippen LogP contribution in [-0.4, -0.2) is 64.0 Å². The highest BCUT2D eigenvalue weighted by Gasteiger charge is 2.37. The molecule has 0 spiro atoms. The van der Waals surface area contributed by atoms with Crippen molar-refractivity contribution < 1.29 is 26.4 Å². The summed E-state index contributed by atoms with van der Waals surface area (Å²) in [4.78, 5) is 12.2. The smallest absolute Gasteiger partial charge is 0.239 e. The van der Waals surface area contributed by atoms with Crippen LogP contribution in [0.5, 0.6) is 5.75 Å². The van der Waals surface area contributed by atoms with E-state index in [0.29, 0.717) is 18.0 Å². The monoisotopic (exact) mass is 390 g/mol. The molecule has 1 aromatic rings. The predicted octanol–water partition coefficient (Wildman–Crippen LogP) is 0.473. The van der Waals surface area contributed by atoms with Crippen molar-refractivity contribution >= 4 is 31.5 Å². The second-order valence-electron chi connectivity index (χ2n) is 5.87. The Morgan fingerprint density at radius 1 is 1.32 bits per heavy atom. The zero-order valence-corrected chi connectivity index (χ0v) is 15.8. The molecule has 1 heterocycles. The van der Waals surface area contributed by atoms with E-state index in [2.05, 4.69) is 5.32 Å². The van der Waals surface area contributed by atoms with Crippen molar-refractivity contribution in [2.75, 3.05) is 36.2 Å². The maximum Gasteiger partial charge on any atom is 0.239 e. The van der Waals surface area contributed by atoms with Gasteiger partial charge in [-0.2, -0.15) is 4.31 Å². The third kappa shape index (κ3) is 5.68. The van der Waals surface area contributed by atoms with Crippen molar-refractivity contribution in [2.45, 2.75) is 19.4 Å². The summed E-state index contributed by atoms with van der Waals surface area (Å²) >= 11 is 0. The Kier molecular flexibility index (Phi) is 6.07. The summed E-state index contributed by atoms with van der Waals surface area (Å²) in [5, 5.41) is 2.61. The number of hydrogen-bond acceptors (Lipinski definition) is 6. The lowest BCUT2D eigenvalue weighted by Crippen LogP contribution is -2.44. The number of benzene rings is 1. The number of rotatable bonds is 7. The van der Waals surface area contributed by atoms with Gasteiger partial charge in [0, 0.05) is 11.7 Å². The summed E-state index contributed by atoms with van der Waals surface area (Å²) in [7, 11) is -6.97. The minimum atomic E-state index is -3.71. The first-order valence-corrected chi connectivity index (χ1v) is 11.5. The van der Waals surface area contributed by atoms with Crippen LogP contribution < -0.4 is 10.1 Å². The van der Waals surface area contributed by atoms with Gasteiger partial charge in [-0.05, 0) is 37.6 Å². The predicted molar refractivity (Wildman–Crippen MR) is 94.8 cm³/mol. The van der Waals surface area contributed by atoms with Gasteiger partial charge in [-0.25, -0.2) is 16.8 Å². The van der Waals surface area contributed by atoms with E-state index >= 15 is 0 Å². The quantitative estimate of drug-likeness (QED) is 0.725. The Morgan fingerprint density at radius 2 is 1.96 bits per heavy atom. The lowest BCUT2D eigenvalue weighted by molar-refractivity contribution is -0.116. The van der Waals surface area contributed by atoms with Crippen molar-refractivity contribution in [3.63, 3.8) is 0 Å². The Hall–Kier alpha value is -1.65. The summed E-state index contributed by atoms with van der Waals surface area (Å²) in [5.41, 5.74) is 0.501. The molecular formula is C15H22N2O6S2. The molecule has 8 nitrogen and oxygen atoms in total. The molecule has 1 aliphatic heterocycles. The second kappa shape index (κ2) is 7.71. The number of amides is 1. The third-order valence-electron chi connectivity index (χ3n) is 3.79. The molecule has 0 saturated carbocycles. The summed E-state index contributed by atoms with van der Waals surface area (Å²) in [6.45, 7) is 1.96. The topological polar surface area (TPSA) is 110 Å². The van der Waals surface area contributed by atoms with E-state index in [1.54, 1.807) is 24.3 Å². The van der Waals surface area contributed by atoms with E-state index in [0.717, 1.165) is 10.6 Å². The summed E-state index contributed by atoms with van der Waals surface area (Å²) in [5.74, 6) is -0.186. The van der Waals surface area contributed by atoms with Crippen molar-refractivity contribution in [3.8, 4) is 5.75 Å². The van der Waals surface area contributed by atoms with Crippen molar-refractivity contribution in [1.29, 1.82) is 0 Å². The molecule has 0 bridgehead atoms. The molecule has 0 aromatic heterocycles. The standard InChI is InChI=1S/C15H22N2O6S2/c1-3-23-14-6-4-12(5-7-14)16-15(18)10-17(24(2,19)20)13-8-9-25(21,22)11-13/h4-7,13H,3,8-11H2,1-2H3,(H,16,18). The zero-order valence-electron chi connectivity index (χ0n) is 14.1. The third-order valence-corrected chi connectivity index (χ3v) is 6.82. The van der Waals surface area contributed by atoms with Gasteiger partial charge in [0.1, 0.15) is 5.75 Å². The molecule has 1 aromatic carbocycles. The number of ether oxygens (including phenoxy) is 1. The molecule has 140 valence electrons. The molecule has 1 unspecified atom stereocenters. The van der Waals surface area contributed by atoms with Crippen molar-refractivity contribution in [1.82, 2.24) is 4.31 Å². The maximum absolute atomic E-state index is 12.2. The van der Waals surface area contributed by atoms with Gasteiger partial charge in [-0.3, -0.25) is 4.79 Å². The number of hydrogen-bond donors (Lipinski definition) is 1. The highest BCUT2D eigenvalue weighted by molar-refractivity contribution is 7.92. The SMILES string of the molecule is CCOc1ccc(NC(=O)CN(C2CCS(=O)(=O)C2)S(C)(=O)=O)cc1. The average molecular weight is 390 g/mol. The number of nitrogens with one attached hydrogen (secondary N) is 1. The van der Waals surface area contributed by atoms with Crippen LogP contribution in [0.2, 0.25) is 0 Å². The highest BCUT2D eigenvalue weighted by atomic mass is 32.2. The average Bonchev–Trinajstić information content (AvgIpc) is 2.86. The Labute approximate surface area is 148 Å². The normalized spacial score (nSPS) is 19.7. The van der Waals surface area contributed by atoms with Crippen LogP contribution in [0.3, 0.4) is 0 Å². The zero-order chi connectivity index (χ0) is 18.7. The van der Waals surface area contributed by atoms with E-state index in [-0.39, 0.29) is 17.9 Å². The van der Waals surface area contributed by atoms with E-state index < -0.39 is 38.4 Å². The minimum Gasteiger partial charge on any atom is -0.494 e. The fraction of sp³-hybridized carbons (Fsp3) is 0.533. The lowest BCUT2D eigenvalue weighted by atomic mass is 10.2. The molecule has 1 atom stereocenters. The van der Waals surface area contributed by atoms with Crippen LogP contribution in [0.25, 0.3) is 0 Å². The van der Waals surface area contributed by atoms with E-state index in [1.807, 2.05) is 6.92 Å². The van der Waals surface area contributed by atoms with Crippen molar-refractivity contribution in [2.24, 2.45) is 0 Å². The van der Waals surface area contributed by atoms with E-state index in [9.17, 15) is 21.6 Å². The summed E-state index contributed by atoms with van der Waals surface area (Å²) in [6.07, 6.45) is 1.17. The van der Waals surface area contributed by atoms with Gasteiger partial charge in [0.15, 0.2) is 9.84 Å². The van der Waals surface area contributed by atoms with Crippen LogP contribution in [0.4, 0.5) is 5.69 Å². The molecule has 10 heteroatoms. The Bertz CT molecular complexity index is 818. The van der Waals surface area contributed by atoms with Crippen LogP contribution in [0.1, 0.15) is 13.3 Å². The second-order valence-corrected chi connectivity index (χ2v) is 10.0. The van der Waals surface area contributed by atoms with E-state index in [4.69, 9.17) is 4.74 Å². The van der Waals surface area contributed by atoms with Crippen LogP contribution in [-0.2, 0) is 24.7 Å². The van der Waals surface area contributed by atoms with Gasteiger partial charge in [-0.15, -0.1) is 0 Å². The fourth-order valence-electron chi connectivity index (χ4n) is 2.66. The van der Waals surface area contributed by atoms with Gasteiger partial charge in [0.2, 0.25) is 15.9 Å². The molecular weight excluding hydrogens is 368 g/mol. The molecule has 2 rings (SSSR count). The molecule has 1 fully saturated rings. The number of sulfonamides is 1. The van der Waals surface area contributed by atoms with Crippen LogP contribution in [0, 0.1) is 0 Å². The van der Waals surface area contributed by atoms with Gasteiger partial charge < -0.3 is 10.1 Å². The first-order chi connectivity index (χ1) is 11.6. The Morgan fingerprint density at radius 3 is 2.44 bits per heavy atom. The van der Waals surface area contributed by atoms with Crippen molar-refractivity contribution in [3.05, 3.63) is 24.3 Å². The Balaban J connectivity index is 2.04. The molecule has 1 amide bonds. The number of carbonyl (C=O) groups excluding carboxylic acids is 1. The van der Waals surface area contributed by atoms with Crippen LogP contribution in [0.15, 0.2) is 24.3 Å². The number of sulfone groups is 1. The molecule has 25 heavy (non-hydrogen) atoms. The summed E-state index contributed by atoms with van der Waals surface area (Å²) in [6, 6.07) is 5.97. The first kappa shape index (κ1) is 19.7. The molecule has 1 saturated heterocycles. The summed E-state index contributed by atoms with van der Waals surface area (Å²) < 4.78 is 53.4. The maximum atomic E-state index is 12.2. The van der Waals surface area contributed by atoms with E-state index in [1.165, 1.54) is 0 Å². The van der Waals surface area contributed by atoms with Gasteiger partial charge in [-0.1, -0.05) is 0 Å². The minimum absolute atomic E-state index is 0.0653. The molecule has 1 aliphatic rings. The molecule has 0 aliphatic carbocycles.